The Balaban J connectivity index is 1.76. The van der Waals surface area contributed by atoms with Crippen LogP contribution in [0.2, 0.25) is 0 Å². The van der Waals surface area contributed by atoms with Crippen molar-refractivity contribution in [3.63, 3.8) is 0 Å². The molecule has 0 aliphatic carbocycles. The first-order valence-corrected chi connectivity index (χ1v) is 8.60. The van der Waals surface area contributed by atoms with Crippen LogP contribution in [0.1, 0.15) is 29.4 Å². The van der Waals surface area contributed by atoms with E-state index in [0.29, 0.717) is 18.5 Å². The average Bonchev–Trinajstić information content (AvgIpc) is 3.21. The summed E-state index contributed by atoms with van der Waals surface area (Å²) in [7, 11) is 4.21. The number of hydrogen-bond acceptors (Lipinski definition) is 3. The highest BCUT2D eigenvalue weighted by Crippen LogP contribution is 2.25. The summed E-state index contributed by atoms with van der Waals surface area (Å²) >= 11 is 0. The Morgan fingerprint density at radius 2 is 2.12 bits per heavy atom. The van der Waals surface area contributed by atoms with Crippen molar-refractivity contribution in [2.45, 2.75) is 25.9 Å². The van der Waals surface area contributed by atoms with Gasteiger partial charge in [0.05, 0.1) is 0 Å². The molecule has 0 unspecified atom stereocenters. The summed E-state index contributed by atoms with van der Waals surface area (Å²) in [5.74, 6) is 0.678. The molecule has 3 rings (SSSR count). The first-order valence-electron chi connectivity index (χ1n) is 8.60. The van der Waals surface area contributed by atoms with E-state index in [9.17, 15) is 4.79 Å². The molecular formula is C19H26N4O. The summed E-state index contributed by atoms with van der Waals surface area (Å²) in [6.07, 6.45) is 6.68. The topological polar surface area (TPSA) is 41.4 Å². The maximum atomic E-state index is 13.0. The van der Waals surface area contributed by atoms with Crippen molar-refractivity contribution in [3.05, 3.63) is 54.1 Å². The number of pyridine rings is 1. The highest BCUT2D eigenvalue weighted by Gasteiger charge is 2.36. The molecule has 1 amide bonds. The van der Waals surface area contributed by atoms with Gasteiger partial charge in [-0.25, -0.2) is 0 Å². The first-order chi connectivity index (χ1) is 11.6. The van der Waals surface area contributed by atoms with Gasteiger partial charge in [0.15, 0.2) is 0 Å². The van der Waals surface area contributed by atoms with Crippen LogP contribution in [0.5, 0.6) is 0 Å². The van der Waals surface area contributed by atoms with E-state index in [-0.39, 0.29) is 5.91 Å². The summed E-state index contributed by atoms with van der Waals surface area (Å²) in [5, 5.41) is 0. The maximum Gasteiger partial charge on any atom is 0.270 e. The van der Waals surface area contributed by atoms with Crippen LogP contribution in [0.3, 0.4) is 0 Å². The van der Waals surface area contributed by atoms with Crippen molar-refractivity contribution in [1.82, 2.24) is 19.4 Å². The Bertz CT molecular complexity index is 680. The van der Waals surface area contributed by atoms with E-state index in [1.54, 1.807) is 6.20 Å². The molecule has 0 bridgehead atoms. The van der Waals surface area contributed by atoms with E-state index in [0.717, 1.165) is 30.8 Å². The molecule has 1 aliphatic rings. The normalized spacial score (nSPS) is 20.8. The summed E-state index contributed by atoms with van der Waals surface area (Å²) in [5.41, 5.74) is 1.86. The molecule has 2 aromatic rings. The smallest absolute Gasteiger partial charge is 0.270 e. The van der Waals surface area contributed by atoms with Crippen LogP contribution in [0.4, 0.5) is 0 Å². The van der Waals surface area contributed by atoms with Gasteiger partial charge in [0, 0.05) is 44.3 Å². The Kier molecular flexibility index (Phi) is 5.00. The predicted molar refractivity (Wildman–Crippen MR) is 94.9 cm³/mol. The van der Waals surface area contributed by atoms with Crippen LogP contribution in [-0.4, -0.2) is 58.5 Å². The van der Waals surface area contributed by atoms with Gasteiger partial charge in [-0.15, -0.1) is 0 Å². The standard InChI is InChI=1S/C19H26N4O/c1-4-16-13-23(14-18(16)21(2)3)19(24)17-8-6-10-22(17)12-15-7-5-9-20-11-15/h5-11,16,18H,4,12-14H2,1-3H3/t16-,18-/m1/s1. The molecule has 0 spiro atoms. The fraction of sp³-hybridized carbons (Fsp3) is 0.474. The van der Waals surface area contributed by atoms with E-state index in [2.05, 4.69) is 30.9 Å². The number of nitrogens with zero attached hydrogens (tertiary/aromatic N) is 4. The fourth-order valence-corrected chi connectivity index (χ4v) is 3.60. The zero-order valence-electron chi connectivity index (χ0n) is 14.7. The van der Waals surface area contributed by atoms with E-state index in [4.69, 9.17) is 0 Å². The van der Waals surface area contributed by atoms with Crippen LogP contribution in [0, 0.1) is 5.92 Å². The number of aromatic nitrogens is 2. The van der Waals surface area contributed by atoms with Gasteiger partial charge in [0.2, 0.25) is 0 Å². The largest absolute Gasteiger partial charge is 0.339 e. The van der Waals surface area contributed by atoms with Crippen LogP contribution in [0.25, 0.3) is 0 Å². The van der Waals surface area contributed by atoms with E-state index >= 15 is 0 Å². The van der Waals surface area contributed by atoms with Gasteiger partial charge < -0.3 is 14.4 Å². The molecule has 3 heterocycles. The van der Waals surface area contributed by atoms with Gasteiger partial charge in [-0.1, -0.05) is 19.4 Å². The summed E-state index contributed by atoms with van der Waals surface area (Å²) in [6, 6.07) is 8.27. The second-order valence-electron chi connectivity index (χ2n) is 6.79. The minimum absolute atomic E-state index is 0.131. The SMILES string of the molecule is CC[C@@H]1CN(C(=O)c2cccn2Cc2cccnc2)C[C@H]1N(C)C. The number of amides is 1. The first kappa shape index (κ1) is 16.7. The molecule has 128 valence electrons. The quantitative estimate of drug-likeness (QED) is 0.847. The number of hydrogen-bond donors (Lipinski definition) is 0. The minimum Gasteiger partial charge on any atom is -0.339 e. The van der Waals surface area contributed by atoms with Crippen LogP contribution in [-0.2, 0) is 6.54 Å². The van der Waals surface area contributed by atoms with Crippen LogP contribution in [0.15, 0.2) is 42.9 Å². The van der Waals surface area contributed by atoms with Crippen LogP contribution < -0.4 is 0 Å². The number of carbonyl (C=O) groups is 1. The van der Waals surface area contributed by atoms with Gasteiger partial charge in [-0.05, 0) is 43.8 Å². The Labute approximate surface area is 143 Å². The molecule has 2 aromatic heterocycles. The monoisotopic (exact) mass is 326 g/mol. The Morgan fingerprint density at radius 1 is 1.29 bits per heavy atom. The molecule has 1 fully saturated rings. The molecule has 24 heavy (non-hydrogen) atoms. The van der Waals surface area contributed by atoms with Crippen LogP contribution >= 0.6 is 0 Å². The molecule has 0 radical (unpaired) electrons. The number of rotatable bonds is 5. The lowest BCUT2D eigenvalue weighted by molar-refractivity contribution is 0.0770. The average molecular weight is 326 g/mol. The zero-order valence-corrected chi connectivity index (χ0v) is 14.7. The lowest BCUT2D eigenvalue weighted by Gasteiger charge is -2.23. The van der Waals surface area contributed by atoms with Gasteiger partial charge in [0.25, 0.3) is 5.91 Å². The van der Waals surface area contributed by atoms with Crippen molar-refractivity contribution < 1.29 is 4.79 Å². The summed E-state index contributed by atoms with van der Waals surface area (Å²) in [4.78, 5) is 21.4. The third-order valence-electron chi connectivity index (χ3n) is 5.01. The zero-order chi connectivity index (χ0) is 17.1. The van der Waals surface area contributed by atoms with Crippen molar-refractivity contribution >= 4 is 5.91 Å². The molecule has 0 aromatic carbocycles. The highest BCUT2D eigenvalue weighted by molar-refractivity contribution is 5.93. The van der Waals surface area contributed by atoms with Crippen molar-refractivity contribution in [2.24, 2.45) is 5.92 Å². The van der Waals surface area contributed by atoms with E-state index < -0.39 is 0 Å². The van der Waals surface area contributed by atoms with Gasteiger partial charge in [0.1, 0.15) is 5.69 Å². The summed E-state index contributed by atoms with van der Waals surface area (Å²) < 4.78 is 2.02. The molecule has 0 saturated carbocycles. The van der Waals surface area contributed by atoms with Crippen molar-refractivity contribution in [1.29, 1.82) is 0 Å². The molecule has 0 N–H and O–H groups in total. The molecular weight excluding hydrogens is 300 g/mol. The lowest BCUT2D eigenvalue weighted by Crippen LogP contribution is -2.36. The molecule has 1 saturated heterocycles. The van der Waals surface area contributed by atoms with E-state index in [1.807, 2.05) is 46.1 Å². The molecule has 1 aliphatic heterocycles. The van der Waals surface area contributed by atoms with Gasteiger partial charge >= 0.3 is 0 Å². The molecule has 2 atom stereocenters. The predicted octanol–water partition coefficient (Wildman–Crippen LogP) is 2.34. The fourth-order valence-electron chi connectivity index (χ4n) is 3.60. The summed E-state index contributed by atoms with van der Waals surface area (Å²) in [6.45, 7) is 4.53. The Morgan fingerprint density at radius 3 is 2.75 bits per heavy atom. The number of carbonyl (C=O) groups excluding carboxylic acids is 1. The van der Waals surface area contributed by atoms with E-state index in [1.165, 1.54) is 0 Å². The molecule has 5 heteroatoms. The van der Waals surface area contributed by atoms with Crippen molar-refractivity contribution in [2.75, 3.05) is 27.2 Å². The number of likely N-dealkylation sites (tertiary alicyclic amines) is 1. The lowest BCUT2D eigenvalue weighted by atomic mass is 10.0. The van der Waals surface area contributed by atoms with Crippen molar-refractivity contribution in [3.8, 4) is 0 Å². The minimum atomic E-state index is 0.131. The second-order valence-corrected chi connectivity index (χ2v) is 6.79. The van der Waals surface area contributed by atoms with Gasteiger partial charge in [-0.2, -0.15) is 0 Å². The third kappa shape index (κ3) is 3.36. The highest BCUT2D eigenvalue weighted by atomic mass is 16.2. The third-order valence-corrected chi connectivity index (χ3v) is 5.01. The Hall–Kier alpha value is -2.14. The number of likely N-dealkylation sites (N-methyl/N-ethyl adjacent to an activating group) is 1. The van der Waals surface area contributed by atoms with Gasteiger partial charge in [-0.3, -0.25) is 9.78 Å². The molecule has 5 nitrogen and oxygen atoms in total. The maximum absolute atomic E-state index is 13.0. The second kappa shape index (κ2) is 7.18.